The van der Waals surface area contributed by atoms with Crippen molar-refractivity contribution < 1.29 is 24.5 Å². The van der Waals surface area contributed by atoms with Crippen LogP contribution in [0.2, 0.25) is 0 Å². The lowest BCUT2D eigenvalue weighted by Crippen LogP contribution is -2.32. The van der Waals surface area contributed by atoms with E-state index in [1.807, 2.05) is 6.92 Å². The number of anilines is 1. The molecule has 0 amide bonds. The van der Waals surface area contributed by atoms with Crippen molar-refractivity contribution in [1.29, 1.82) is 0 Å². The molecule has 0 aliphatic carbocycles. The first-order valence-corrected chi connectivity index (χ1v) is 5.36. The lowest BCUT2D eigenvalue weighted by Gasteiger charge is -2.17. The predicted octanol–water partition coefficient (Wildman–Crippen LogP) is 0.870. The van der Waals surface area contributed by atoms with Crippen LogP contribution in [0.3, 0.4) is 0 Å². The number of hydrogen-bond donors (Lipinski definition) is 3. The summed E-state index contributed by atoms with van der Waals surface area (Å²) in [5.74, 6) is -0.0347. The molecule has 1 unspecified atom stereocenters. The van der Waals surface area contributed by atoms with E-state index in [1.165, 1.54) is 14.2 Å². The van der Waals surface area contributed by atoms with Gasteiger partial charge >= 0.3 is 5.97 Å². The molecule has 6 nitrogen and oxygen atoms in total. The van der Waals surface area contributed by atoms with E-state index in [2.05, 4.69) is 5.32 Å². The van der Waals surface area contributed by atoms with Crippen LogP contribution in [0.25, 0.3) is 0 Å². The number of carboxylic acids is 1. The number of aryl methyl sites for hydroxylation is 1. The van der Waals surface area contributed by atoms with E-state index in [-0.39, 0.29) is 0 Å². The van der Waals surface area contributed by atoms with Crippen LogP contribution in [0, 0.1) is 6.92 Å². The first kappa shape index (κ1) is 14.1. The molecule has 0 radical (unpaired) electrons. The third kappa shape index (κ3) is 3.04. The molecule has 3 N–H and O–H groups in total. The summed E-state index contributed by atoms with van der Waals surface area (Å²) in [5, 5.41) is 20.6. The highest BCUT2D eigenvalue weighted by Gasteiger charge is 2.18. The van der Waals surface area contributed by atoms with E-state index in [9.17, 15) is 4.79 Å². The Kier molecular flexibility index (Phi) is 4.79. The molecule has 1 atom stereocenters. The Bertz CT molecular complexity index is 433. The van der Waals surface area contributed by atoms with Crippen molar-refractivity contribution in [2.45, 2.75) is 13.0 Å². The van der Waals surface area contributed by atoms with Crippen LogP contribution in [0.15, 0.2) is 12.1 Å². The molecule has 0 bridgehead atoms. The first-order valence-electron chi connectivity index (χ1n) is 5.36. The average molecular weight is 255 g/mol. The van der Waals surface area contributed by atoms with E-state index in [1.54, 1.807) is 12.1 Å². The Hall–Kier alpha value is -1.95. The van der Waals surface area contributed by atoms with Gasteiger partial charge in [0.05, 0.1) is 26.5 Å². The smallest absolute Gasteiger partial charge is 0.328 e. The second-order valence-electron chi connectivity index (χ2n) is 3.74. The number of carboxylic acid groups (broad SMARTS) is 1. The topological polar surface area (TPSA) is 88.0 Å². The maximum Gasteiger partial charge on any atom is 0.328 e. The predicted molar refractivity (Wildman–Crippen MR) is 66.4 cm³/mol. The van der Waals surface area contributed by atoms with E-state index in [4.69, 9.17) is 19.7 Å². The van der Waals surface area contributed by atoms with Crippen molar-refractivity contribution in [2.24, 2.45) is 0 Å². The third-order valence-electron chi connectivity index (χ3n) is 2.53. The minimum atomic E-state index is -1.14. The molecule has 0 aliphatic heterocycles. The Morgan fingerprint density at radius 2 is 1.94 bits per heavy atom. The maximum absolute atomic E-state index is 10.9. The Balaban J connectivity index is 3.09. The summed E-state index contributed by atoms with van der Waals surface area (Å²) in [7, 11) is 3.01. The van der Waals surface area contributed by atoms with Gasteiger partial charge in [-0.2, -0.15) is 0 Å². The highest BCUT2D eigenvalue weighted by Crippen LogP contribution is 2.32. The van der Waals surface area contributed by atoms with E-state index < -0.39 is 18.6 Å². The fraction of sp³-hybridized carbons (Fsp3) is 0.417. The summed E-state index contributed by atoms with van der Waals surface area (Å²) in [6, 6.07) is 2.28. The lowest BCUT2D eigenvalue weighted by atomic mass is 10.1. The standard InChI is InChI=1S/C12H17NO5/c1-7-4-11(18-3)8(5-10(7)17-2)13-9(6-14)12(15)16/h4-5,9,13-14H,6H2,1-3H3,(H,15,16). The summed E-state index contributed by atoms with van der Waals surface area (Å²) in [5.41, 5.74) is 1.33. The highest BCUT2D eigenvalue weighted by atomic mass is 16.5. The fourth-order valence-corrected chi connectivity index (χ4v) is 1.54. The van der Waals surface area contributed by atoms with Crippen molar-refractivity contribution in [3.05, 3.63) is 17.7 Å². The number of hydrogen-bond acceptors (Lipinski definition) is 5. The number of carbonyl (C=O) groups is 1. The quantitative estimate of drug-likeness (QED) is 0.699. The molecule has 0 aromatic heterocycles. The van der Waals surface area contributed by atoms with Gasteiger partial charge in [0.2, 0.25) is 0 Å². The van der Waals surface area contributed by atoms with Gasteiger partial charge in [-0.05, 0) is 18.6 Å². The average Bonchev–Trinajstić information content (AvgIpc) is 2.36. The van der Waals surface area contributed by atoms with E-state index in [0.29, 0.717) is 17.2 Å². The SMILES string of the molecule is COc1cc(NC(CO)C(=O)O)c(OC)cc1C. The number of nitrogens with one attached hydrogen (secondary N) is 1. The zero-order chi connectivity index (χ0) is 13.7. The van der Waals surface area contributed by atoms with Gasteiger partial charge in [-0.25, -0.2) is 4.79 Å². The summed E-state index contributed by atoms with van der Waals surface area (Å²) in [6.45, 7) is 1.33. The van der Waals surface area contributed by atoms with Gasteiger partial charge in [0.1, 0.15) is 17.5 Å². The Morgan fingerprint density at radius 3 is 2.39 bits per heavy atom. The van der Waals surface area contributed by atoms with E-state index >= 15 is 0 Å². The molecule has 100 valence electrons. The lowest BCUT2D eigenvalue weighted by molar-refractivity contribution is -0.138. The molecule has 6 heteroatoms. The highest BCUT2D eigenvalue weighted by molar-refractivity contribution is 5.79. The molecule has 0 fully saturated rings. The second kappa shape index (κ2) is 6.11. The first-order chi connectivity index (χ1) is 8.53. The number of aliphatic hydroxyl groups excluding tert-OH is 1. The van der Waals surface area contributed by atoms with Crippen LogP contribution in [0.5, 0.6) is 11.5 Å². The number of benzene rings is 1. The molecule has 0 spiro atoms. The van der Waals surface area contributed by atoms with E-state index in [0.717, 1.165) is 5.56 Å². The van der Waals surface area contributed by atoms with Crippen LogP contribution in [0.1, 0.15) is 5.56 Å². The third-order valence-corrected chi connectivity index (χ3v) is 2.53. The minimum absolute atomic E-state index is 0.460. The number of aliphatic hydroxyl groups is 1. The van der Waals surface area contributed by atoms with Gasteiger partial charge < -0.3 is 25.0 Å². The summed E-state index contributed by atoms with van der Waals surface area (Å²) < 4.78 is 10.3. The van der Waals surface area contributed by atoms with Crippen molar-refractivity contribution >= 4 is 11.7 Å². The molecule has 18 heavy (non-hydrogen) atoms. The van der Waals surface area contributed by atoms with Gasteiger partial charge in [-0.15, -0.1) is 0 Å². The molecule has 0 saturated heterocycles. The maximum atomic E-state index is 10.9. The number of ether oxygens (including phenoxy) is 2. The molecule has 1 aromatic rings. The van der Waals surface area contributed by atoms with Crippen molar-refractivity contribution in [3.8, 4) is 11.5 Å². The molecule has 1 rings (SSSR count). The van der Waals surface area contributed by atoms with Crippen molar-refractivity contribution in [3.63, 3.8) is 0 Å². The molecule has 1 aromatic carbocycles. The van der Waals surface area contributed by atoms with Crippen LogP contribution >= 0.6 is 0 Å². The van der Waals surface area contributed by atoms with Gasteiger partial charge in [-0.3, -0.25) is 0 Å². The zero-order valence-electron chi connectivity index (χ0n) is 10.6. The minimum Gasteiger partial charge on any atom is -0.496 e. The molecular weight excluding hydrogens is 238 g/mol. The summed E-state index contributed by atoms with van der Waals surface area (Å²) in [4.78, 5) is 10.9. The summed E-state index contributed by atoms with van der Waals surface area (Å²) >= 11 is 0. The number of rotatable bonds is 6. The van der Waals surface area contributed by atoms with Gasteiger partial charge in [-0.1, -0.05) is 0 Å². The summed E-state index contributed by atoms with van der Waals surface area (Å²) in [6.07, 6.45) is 0. The zero-order valence-corrected chi connectivity index (χ0v) is 10.6. The van der Waals surface area contributed by atoms with Gasteiger partial charge in [0.15, 0.2) is 0 Å². The fourth-order valence-electron chi connectivity index (χ4n) is 1.54. The number of aliphatic carboxylic acids is 1. The second-order valence-corrected chi connectivity index (χ2v) is 3.74. The van der Waals surface area contributed by atoms with Crippen LogP contribution < -0.4 is 14.8 Å². The van der Waals surface area contributed by atoms with Gasteiger partial charge in [0, 0.05) is 6.07 Å². The normalized spacial score (nSPS) is 11.8. The van der Waals surface area contributed by atoms with Crippen LogP contribution in [-0.2, 0) is 4.79 Å². The van der Waals surface area contributed by atoms with Crippen molar-refractivity contribution in [1.82, 2.24) is 0 Å². The number of methoxy groups -OCH3 is 2. The Morgan fingerprint density at radius 1 is 1.33 bits per heavy atom. The van der Waals surface area contributed by atoms with Crippen molar-refractivity contribution in [2.75, 3.05) is 26.1 Å². The molecule has 0 heterocycles. The Labute approximate surface area is 105 Å². The largest absolute Gasteiger partial charge is 0.496 e. The monoisotopic (exact) mass is 255 g/mol. The van der Waals surface area contributed by atoms with Crippen LogP contribution in [-0.4, -0.2) is 43.1 Å². The molecule has 0 saturated carbocycles. The molecule has 0 aliphatic rings. The van der Waals surface area contributed by atoms with Gasteiger partial charge in [0.25, 0.3) is 0 Å². The molecular formula is C12H17NO5. The van der Waals surface area contributed by atoms with Crippen LogP contribution in [0.4, 0.5) is 5.69 Å².